The highest BCUT2D eigenvalue weighted by Crippen LogP contribution is 2.51. The molecule has 11 heteroatoms. The molecule has 1 N–H and O–H groups in total. The lowest BCUT2D eigenvalue weighted by Gasteiger charge is -2.23. The molecular weight excluding hydrogens is 440 g/mol. The summed E-state index contributed by atoms with van der Waals surface area (Å²) in [5, 5.41) is 9.46. The molecule has 0 aliphatic carbocycles. The van der Waals surface area contributed by atoms with Crippen LogP contribution in [0.1, 0.15) is 11.1 Å². The Kier molecular flexibility index (Phi) is 9.20. The fourth-order valence-corrected chi connectivity index (χ4v) is 5.11. The van der Waals surface area contributed by atoms with E-state index in [1.165, 1.54) is 0 Å². The van der Waals surface area contributed by atoms with Gasteiger partial charge in [-0.3, -0.25) is 9.05 Å². The fraction of sp³-hybridized carbons (Fsp3) is 0.667. The van der Waals surface area contributed by atoms with Crippen molar-refractivity contribution >= 4 is 24.0 Å². The van der Waals surface area contributed by atoms with Crippen molar-refractivity contribution in [3.63, 3.8) is 0 Å². The number of benzene rings is 1. The highest BCUT2D eigenvalue weighted by Gasteiger charge is 2.34. The molecule has 1 rings (SSSR count). The van der Waals surface area contributed by atoms with Crippen LogP contribution < -0.4 is 4.52 Å². The van der Waals surface area contributed by atoms with E-state index < -0.39 is 42.3 Å². The Balaban J connectivity index is 3.04. The first-order valence-electron chi connectivity index (χ1n) is 9.44. The predicted molar refractivity (Wildman–Crippen MR) is 114 cm³/mol. The number of phosphoric acid groups is 1. The molecule has 0 atom stereocenters. The van der Waals surface area contributed by atoms with Gasteiger partial charge in [-0.2, -0.15) is 13.2 Å². The summed E-state index contributed by atoms with van der Waals surface area (Å²) >= 11 is 0. The molecule has 0 bridgehead atoms. The van der Waals surface area contributed by atoms with E-state index in [0.29, 0.717) is 0 Å². The average Bonchev–Trinajstić information content (AvgIpc) is 2.51. The van der Waals surface area contributed by atoms with E-state index >= 15 is 0 Å². The molecule has 168 valence electrons. The number of halogens is 3. The largest absolute Gasteiger partial charge is 0.530 e. The number of hydrogen-bond donors (Lipinski definition) is 1. The Morgan fingerprint density at radius 1 is 0.966 bits per heavy atom. The second kappa shape index (κ2) is 10.1. The Morgan fingerprint density at radius 3 is 1.83 bits per heavy atom. The summed E-state index contributed by atoms with van der Waals surface area (Å²) in [7, 11) is -7.00. The third kappa shape index (κ3) is 10.3. The summed E-state index contributed by atoms with van der Waals surface area (Å²) in [6, 6.07) is 4.05. The lowest BCUT2D eigenvalue weighted by atomic mass is 10.1. The van der Waals surface area contributed by atoms with Crippen molar-refractivity contribution in [2.24, 2.45) is 0 Å². The van der Waals surface area contributed by atoms with Gasteiger partial charge in [-0.1, -0.05) is 39.3 Å². The van der Waals surface area contributed by atoms with E-state index in [1.807, 2.05) is 0 Å². The maximum absolute atomic E-state index is 13.2. The molecule has 0 aliphatic heterocycles. The van der Waals surface area contributed by atoms with Gasteiger partial charge in [-0.15, -0.1) is 0 Å². The van der Waals surface area contributed by atoms with Crippen LogP contribution >= 0.6 is 7.82 Å². The molecule has 0 saturated heterocycles. The SMILES string of the molecule is C[Si](C)(C)CCOP(=O)(OCC[Si](C)(C)C)Oc1ccc(C(F)(F)F)cc1CO. The molecule has 0 heterocycles. The lowest BCUT2D eigenvalue weighted by molar-refractivity contribution is -0.137. The summed E-state index contributed by atoms with van der Waals surface area (Å²) in [4.78, 5) is 0. The minimum atomic E-state index is -4.56. The van der Waals surface area contributed by atoms with Gasteiger partial charge in [-0.25, -0.2) is 4.57 Å². The van der Waals surface area contributed by atoms with Gasteiger partial charge < -0.3 is 9.63 Å². The van der Waals surface area contributed by atoms with Gasteiger partial charge in [0.15, 0.2) is 0 Å². The average molecular weight is 473 g/mol. The highest BCUT2D eigenvalue weighted by molar-refractivity contribution is 7.49. The third-order valence-electron chi connectivity index (χ3n) is 3.97. The monoisotopic (exact) mass is 472 g/mol. The van der Waals surface area contributed by atoms with Crippen LogP contribution in [0.2, 0.25) is 51.4 Å². The Hall–Kier alpha value is -0.646. The molecule has 29 heavy (non-hydrogen) atoms. The van der Waals surface area contributed by atoms with E-state index in [4.69, 9.17) is 13.6 Å². The molecule has 1 aromatic carbocycles. The molecular formula is C18H32F3O5PSi2. The second-order valence-electron chi connectivity index (χ2n) is 9.30. The number of alkyl halides is 3. The van der Waals surface area contributed by atoms with Crippen LogP contribution in [0.25, 0.3) is 0 Å². The Labute approximate surface area is 173 Å². The van der Waals surface area contributed by atoms with Crippen molar-refractivity contribution in [2.75, 3.05) is 13.2 Å². The second-order valence-corrected chi connectivity index (χ2v) is 22.1. The minimum absolute atomic E-state index is 0.136. The number of aliphatic hydroxyl groups is 1. The number of rotatable bonds is 11. The van der Waals surface area contributed by atoms with E-state index in [2.05, 4.69) is 39.3 Å². The molecule has 0 aliphatic rings. The summed E-state index contributed by atoms with van der Waals surface area (Å²) in [5.41, 5.74) is -1.06. The van der Waals surface area contributed by atoms with Crippen molar-refractivity contribution in [3.8, 4) is 5.75 Å². The van der Waals surface area contributed by atoms with Crippen LogP contribution in [0.5, 0.6) is 5.75 Å². The topological polar surface area (TPSA) is 65.0 Å². The molecule has 0 saturated carbocycles. The normalized spacial score (nSPS) is 13.6. The zero-order valence-corrected chi connectivity index (χ0v) is 20.8. The zero-order valence-electron chi connectivity index (χ0n) is 17.9. The number of phosphoric ester groups is 1. The first kappa shape index (κ1) is 26.4. The minimum Gasteiger partial charge on any atom is -0.404 e. The molecule has 0 fully saturated rings. The van der Waals surface area contributed by atoms with Crippen LogP contribution in [0.4, 0.5) is 13.2 Å². The molecule has 0 spiro atoms. The van der Waals surface area contributed by atoms with E-state index in [9.17, 15) is 22.8 Å². The van der Waals surface area contributed by atoms with Crippen LogP contribution in [-0.4, -0.2) is 34.5 Å². The quantitative estimate of drug-likeness (QED) is 0.298. The van der Waals surface area contributed by atoms with Crippen molar-refractivity contribution in [1.82, 2.24) is 0 Å². The van der Waals surface area contributed by atoms with Gasteiger partial charge in [0.2, 0.25) is 0 Å². The molecule has 0 radical (unpaired) electrons. The zero-order chi connectivity index (χ0) is 22.5. The maximum atomic E-state index is 13.2. The van der Waals surface area contributed by atoms with Gasteiger partial charge in [0.05, 0.1) is 25.4 Å². The van der Waals surface area contributed by atoms with Crippen LogP contribution in [-0.2, 0) is 26.4 Å². The van der Waals surface area contributed by atoms with Crippen LogP contribution in [0.3, 0.4) is 0 Å². The Bertz CT molecular complexity index is 691. The van der Waals surface area contributed by atoms with E-state index in [1.54, 1.807) is 0 Å². The molecule has 0 aromatic heterocycles. The fourth-order valence-electron chi connectivity index (χ4n) is 2.11. The lowest BCUT2D eigenvalue weighted by Crippen LogP contribution is -2.23. The van der Waals surface area contributed by atoms with Crippen LogP contribution in [0, 0.1) is 0 Å². The molecule has 0 unspecified atom stereocenters. The first-order valence-corrected chi connectivity index (χ1v) is 18.3. The summed E-state index contributed by atoms with van der Waals surface area (Å²) in [5.74, 6) is -0.148. The van der Waals surface area contributed by atoms with E-state index in [0.717, 1.165) is 30.3 Å². The standard InChI is InChI=1S/C18H32F3O5PSi2/c1-28(2,3)11-9-24-27(23,25-10-12-29(4,5)6)26-17-8-7-16(18(19,20)21)13-15(17)14-22/h7-8,13,22H,9-12,14H2,1-6H3. The Morgan fingerprint density at radius 2 is 1.45 bits per heavy atom. The van der Waals surface area contributed by atoms with Gasteiger partial charge in [0.25, 0.3) is 0 Å². The third-order valence-corrected chi connectivity index (χ3v) is 8.80. The van der Waals surface area contributed by atoms with Crippen LogP contribution in [0.15, 0.2) is 18.2 Å². The molecule has 1 aromatic rings. The van der Waals surface area contributed by atoms with Gasteiger partial charge >= 0.3 is 14.0 Å². The maximum Gasteiger partial charge on any atom is 0.530 e. The van der Waals surface area contributed by atoms with E-state index in [-0.39, 0.29) is 24.5 Å². The van der Waals surface area contributed by atoms with Gasteiger partial charge in [-0.05, 0) is 30.3 Å². The summed E-state index contributed by atoms with van der Waals surface area (Å²) < 4.78 is 68.3. The predicted octanol–water partition coefficient (Wildman–Crippen LogP) is 6.39. The number of aliphatic hydroxyl groups excluding tert-OH is 1. The molecule has 5 nitrogen and oxygen atoms in total. The van der Waals surface area contributed by atoms with Crippen molar-refractivity contribution in [1.29, 1.82) is 0 Å². The van der Waals surface area contributed by atoms with Crippen molar-refractivity contribution < 1.29 is 36.4 Å². The first-order chi connectivity index (χ1) is 13.0. The smallest absolute Gasteiger partial charge is 0.404 e. The highest BCUT2D eigenvalue weighted by atomic mass is 31.2. The van der Waals surface area contributed by atoms with Gasteiger partial charge in [0.1, 0.15) is 5.75 Å². The van der Waals surface area contributed by atoms with Gasteiger partial charge in [0, 0.05) is 21.7 Å². The summed E-state index contributed by atoms with van der Waals surface area (Å²) in [6.07, 6.45) is -4.56. The number of hydrogen-bond acceptors (Lipinski definition) is 5. The molecule has 0 amide bonds. The van der Waals surface area contributed by atoms with Crippen molar-refractivity contribution in [2.45, 2.75) is 64.2 Å². The summed E-state index contributed by atoms with van der Waals surface area (Å²) in [6.45, 7) is 12.4. The van der Waals surface area contributed by atoms with Crippen molar-refractivity contribution in [3.05, 3.63) is 29.3 Å².